The van der Waals surface area contributed by atoms with Gasteiger partial charge in [0, 0.05) is 11.9 Å². The molecule has 0 aliphatic rings. The van der Waals surface area contributed by atoms with E-state index in [9.17, 15) is 9.59 Å². The van der Waals surface area contributed by atoms with Crippen molar-refractivity contribution in [2.45, 2.75) is 52.7 Å². The van der Waals surface area contributed by atoms with Gasteiger partial charge in [-0.1, -0.05) is 15.9 Å². The highest BCUT2D eigenvalue weighted by molar-refractivity contribution is 9.09. The molecule has 0 aromatic carbocycles. The van der Waals surface area contributed by atoms with Gasteiger partial charge in [0.25, 0.3) is 0 Å². The van der Waals surface area contributed by atoms with Crippen molar-refractivity contribution < 1.29 is 19.1 Å². The number of ether oxygens (including phenoxy) is 2. The Balaban J connectivity index is 4.78. The third-order valence-corrected chi connectivity index (χ3v) is 2.82. The summed E-state index contributed by atoms with van der Waals surface area (Å²) in [6.07, 6.45) is 0.247. The smallest absolute Gasteiger partial charge is 0.411 e. The Morgan fingerprint density at radius 1 is 1.32 bits per heavy atom. The zero-order valence-electron chi connectivity index (χ0n) is 12.4. The first kappa shape index (κ1) is 18.2. The Hall–Kier alpha value is -0.780. The second kappa shape index (κ2) is 8.40. The maximum absolute atomic E-state index is 12.1. The predicted molar refractivity (Wildman–Crippen MR) is 77.4 cm³/mol. The molecule has 6 heteroatoms. The van der Waals surface area contributed by atoms with Gasteiger partial charge in [0.15, 0.2) is 0 Å². The fraction of sp³-hybridized carbons (Fsp3) is 0.846. The quantitative estimate of drug-likeness (QED) is 0.552. The molecule has 0 heterocycles. The number of esters is 1. The number of carbonyl (C=O) groups is 2. The molecule has 0 radical (unpaired) electrons. The SMILES string of the molecule is CCOC(=O)[C@@H](C)N(CCCBr)C(=O)OC(C)(C)C. The molecule has 1 amide bonds. The average molecular weight is 338 g/mol. The van der Waals surface area contributed by atoms with Crippen LogP contribution in [0, 0.1) is 0 Å². The minimum Gasteiger partial charge on any atom is -0.464 e. The van der Waals surface area contributed by atoms with Crippen LogP contribution in [0.15, 0.2) is 0 Å². The summed E-state index contributed by atoms with van der Waals surface area (Å²) >= 11 is 3.31. The standard InChI is InChI=1S/C13H24BrNO4/c1-6-18-11(16)10(2)15(9-7-8-14)12(17)19-13(3,4)5/h10H,6-9H2,1-5H3/t10-/m1/s1. The van der Waals surface area contributed by atoms with Crippen molar-refractivity contribution in [3.63, 3.8) is 0 Å². The summed E-state index contributed by atoms with van der Waals surface area (Å²) in [4.78, 5) is 25.2. The summed E-state index contributed by atoms with van der Waals surface area (Å²) < 4.78 is 10.3. The summed E-state index contributed by atoms with van der Waals surface area (Å²) in [7, 11) is 0. The zero-order chi connectivity index (χ0) is 15.1. The second-order valence-corrected chi connectivity index (χ2v) is 5.94. The van der Waals surface area contributed by atoms with Crippen molar-refractivity contribution in [1.82, 2.24) is 4.90 Å². The minimum absolute atomic E-state index is 0.295. The lowest BCUT2D eigenvalue weighted by molar-refractivity contribution is -0.148. The number of alkyl halides is 1. The van der Waals surface area contributed by atoms with E-state index in [0.717, 1.165) is 11.8 Å². The maximum Gasteiger partial charge on any atom is 0.411 e. The van der Waals surface area contributed by atoms with Gasteiger partial charge in [0.2, 0.25) is 0 Å². The number of carbonyl (C=O) groups excluding carboxylic acids is 2. The largest absolute Gasteiger partial charge is 0.464 e. The molecule has 112 valence electrons. The molecule has 0 unspecified atom stereocenters. The van der Waals surface area contributed by atoms with Crippen LogP contribution < -0.4 is 0 Å². The molecule has 0 bridgehead atoms. The summed E-state index contributed by atoms with van der Waals surface area (Å²) in [5.41, 5.74) is -0.585. The molecule has 0 aromatic heterocycles. The van der Waals surface area contributed by atoms with Crippen LogP contribution in [0.3, 0.4) is 0 Å². The lowest BCUT2D eigenvalue weighted by Crippen LogP contribution is -2.46. The summed E-state index contributed by atoms with van der Waals surface area (Å²) in [5, 5.41) is 0.752. The molecule has 5 nitrogen and oxygen atoms in total. The number of rotatable bonds is 6. The van der Waals surface area contributed by atoms with Gasteiger partial charge in [0.1, 0.15) is 11.6 Å². The van der Waals surface area contributed by atoms with Crippen LogP contribution in [0.5, 0.6) is 0 Å². The van der Waals surface area contributed by atoms with E-state index >= 15 is 0 Å². The van der Waals surface area contributed by atoms with Gasteiger partial charge in [-0.25, -0.2) is 9.59 Å². The molecule has 0 spiro atoms. The summed E-state index contributed by atoms with van der Waals surface area (Å²) in [6.45, 7) is 9.51. The van der Waals surface area contributed by atoms with Crippen molar-refractivity contribution >= 4 is 28.0 Å². The molecule has 0 saturated heterocycles. The van der Waals surface area contributed by atoms with Gasteiger partial charge in [-0.05, 0) is 41.0 Å². The first-order valence-corrected chi connectivity index (χ1v) is 7.57. The van der Waals surface area contributed by atoms with E-state index in [0.29, 0.717) is 13.2 Å². The Morgan fingerprint density at radius 3 is 2.32 bits per heavy atom. The van der Waals surface area contributed by atoms with E-state index in [1.165, 1.54) is 4.90 Å². The third-order valence-electron chi connectivity index (χ3n) is 2.26. The lowest BCUT2D eigenvalue weighted by Gasteiger charge is -2.30. The molecule has 0 rings (SSSR count). The summed E-state index contributed by atoms with van der Waals surface area (Å²) in [6, 6.07) is -0.645. The molecule has 0 fully saturated rings. The van der Waals surface area contributed by atoms with E-state index in [-0.39, 0.29) is 0 Å². The highest BCUT2D eigenvalue weighted by Crippen LogP contribution is 2.13. The van der Waals surface area contributed by atoms with Crippen molar-refractivity contribution in [3.05, 3.63) is 0 Å². The normalized spacial score (nSPS) is 12.7. The van der Waals surface area contributed by atoms with Crippen LogP contribution in [0.1, 0.15) is 41.0 Å². The number of hydrogen-bond donors (Lipinski definition) is 0. The van der Waals surface area contributed by atoms with Gasteiger partial charge in [-0.15, -0.1) is 0 Å². The van der Waals surface area contributed by atoms with Crippen molar-refractivity contribution in [1.29, 1.82) is 0 Å². The second-order valence-electron chi connectivity index (χ2n) is 5.14. The fourth-order valence-corrected chi connectivity index (χ4v) is 1.63. The average Bonchev–Trinajstić information content (AvgIpc) is 2.27. The highest BCUT2D eigenvalue weighted by atomic mass is 79.9. The monoisotopic (exact) mass is 337 g/mol. The molecule has 19 heavy (non-hydrogen) atoms. The minimum atomic E-state index is -0.645. The number of nitrogens with zero attached hydrogens (tertiary/aromatic N) is 1. The lowest BCUT2D eigenvalue weighted by atomic mass is 10.2. The fourth-order valence-electron chi connectivity index (χ4n) is 1.38. The first-order valence-electron chi connectivity index (χ1n) is 6.45. The highest BCUT2D eigenvalue weighted by Gasteiger charge is 2.30. The van der Waals surface area contributed by atoms with Crippen LogP contribution in [0.2, 0.25) is 0 Å². The van der Waals surface area contributed by atoms with E-state index < -0.39 is 23.7 Å². The third kappa shape index (κ3) is 7.40. The van der Waals surface area contributed by atoms with Gasteiger partial charge >= 0.3 is 12.1 Å². The Bertz CT molecular complexity index is 302. The van der Waals surface area contributed by atoms with Crippen molar-refractivity contribution in [3.8, 4) is 0 Å². The molecule has 1 atom stereocenters. The van der Waals surface area contributed by atoms with Gasteiger partial charge in [-0.3, -0.25) is 4.90 Å². The maximum atomic E-state index is 12.1. The Morgan fingerprint density at radius 2 is 1.89 bits per heavy atom. The van der Waals surface area contributed by atoms with Crippen LogP contribution >= 0.6 is 15.9 Å². The zero-order valence-corrected chi connectivity index (χ0v) is 13.9. The van der Waals surface area contributed by atoms with Crippen LogP contribution in [0.25, 0.3) is 0 Å². The van der Waals surface area contributed by atoms with Crippen LogP contribution in [-0.4, -0.2) is 47.1 Å². The number of amides is 1. The number of hydrogen-bond acceptors (Lipinski definition) is 4. The molecular weight excluding hydrogens is 314 g/mol. The van der Waals surface area contributed by atoms with Gasteiger partial charge in [0.05, 0.1) is 6.61 Å². The van der Waals surface area contributed by atoms with E-state index in [2.05, 4.69) is 15.9 Å². The van der Waals surface area contributed by atoms with E-state index in [1.54, 1.807) is 34.6 Å². The Labute approximate surface area is 123 Å². The molecule has 0 aliphatic heterocycles. The van der Waals surface area contributed by atoms with Crippen molar-refractivity contribution in [2.24, 2.45) is 0 Å². The number of halogens is 1. The Kier molecular flexibility index (Phi) is 8.06. The molecule has 0 saturated carbocycles. The van der Waals surface area contributed by atoms with E-state index in [4.69, 9.17) is 9.47 Å². The first-order chi connectivity index (χ1) is 8.72. The molecule has 0 aromatic rings. The van der Waals surface area contributed by atoms with Crippen LogP contribution in [-0.2, 0) is 14.3 Å². The topological polar surface area (TPSA) is 55.8 Å². The molecule has 0 aliphatic carbocycles. The predicted octanol–water partition coefficient (Wildman–Crippen LogP) is 2.96. The van der Waals surface area contributed by atoms with E-state index in [1.807, 2.05) is 0 Å². The molecule has 0 N–H and O–H groups in total. The molecular formula is C13H24BrNO4. The summed E-state index contributed by atoms with van der Waals surface area (Å²) in [5.74, 6) is -0.414. The van der Waals surface area contributed by atoms with Crippen molar-refractivity contribution in [2.75, 3.05) is 18.5 Å². The van der Waals surface area contributed by atoms with Gasteiger partial charge in [-0.2, -0.15) is 0 Å². The van der Waals surface area contributed by atoms with Gasteiger partial charge < -0.3 is 9.47 Å². The van der Waals surface area contributed by atoms with Crippen LogP contribution in [0.4, 0.5) is 4.79 Å².